The summed E-state index contributed by atoms with van der Waals surface area (Å²) in [6.45, 7) is 1.81. The van der Waals surface area contributed by atoms with Gasteiger partial charge in [-0.3, -0.25) is 0 Å². The average molecular weight is 281 g/mol. The Labute approximate surface area is 116 Å². The van der Waals surface area contributed by atoms with Gasteiger partial charge in [-0.1, -0.05) is 12.6 Å². The van der Waals surface area contributed by atoms with Crippen molar-refractivity contribution in [1.29, 1.82) is 0 Å². The Morgan fingerprint density at radius 1 is 1.20 bits per heavy atom. The Bertz CT molecular complexity index is 580. The molecule has 0 amide bonds. The van der Waals surface area contributed by atoms with Crippen LogP contribution < -0.4 is 5.32 Å². The van der Waals surface area contributed by atoms with Crippen LogP contribution in [-0.4, -0.2) is 23.2 Å². The van der Waals surface area contributed by atoms with E-state index in [1.54, 1.807) is 0 Å². The Balaban J connectivity index is 0.00000147. The van der Waals surface area contributed by atoms with Crippen molar-refractivity contribution in [1.82, 2.24) is 15.5 Å². The van der Waals surface area contributed by atoms with E-state index in [0.717, 1.165) is 44.1 Å². The van der Waals surface area contributed by atoms with Crippen LogP contribution in [0.3, 0.4) is 0 Å². The lowest BCUT2D eigenvalue weighted by Gasteiger charge is -2.18. The Morgan fingerprint density at radius 2 is 1.95 bits per heavy atom. The molecule has 1 N–H and O–H groups in total. The molecule has 1 aliphatic heterocycles. The van der Waals surface area contributed by atoms with Gasteiger partial charge in [0, 0.05) is 5.92 Å². The Morgan fingerprint density at radius 3 is 2.70 bits per heavy atom. The number of halogens is 2. The molecule has 1 aromatic carbocycles. The number of hydrogen-bond donors (Lipinski definition) is 1. The normalized spacial score (nSPS) is 15.9. The second kappa shape index (κ2) is 6.09. The molecule has 0 aliphatic carbocycles. The van der Waals surface area contributed by atoms with Crippen molar-refractivity contribution >= 4 is 0 Å². The molecular formula is C14H17F2N3O. The number of benzene rings is 1. The van der Waals surface area contributed by atoms with Crippen molar-refractivity contribution in [3.63, 3.8) is 0 Å². The molecule has 1 aromatic heterocycles. The fourth-order valence-corrected chi connectivity index (χ4v) is 2.25. The summed E-state index contributed by atoms with van der Waals surface area (Å²) in [5.41, 5.74) is 0.00712. The van der Waals surface area contributed by atoms with Crippen molar-refractivity contribution < 1.29 is 13.3 Å². The van der Waals surface area contributed by atoms with Crippen LogP contribution in [-0.2, 0) is 0 Å². The van der Waals surface area contributed by atoms with E-state index in [0.29, 0.717) is 5.82 Å². The minimum atomic E-state index is -0.568. The summed E-state index contributed by atoms with van der Waals surface area (Å²) in [6.07, 6.45) is 1.84. The first-order chi connectivity index (χ1) is 9.24. The molecule has 108 valence electrons. The van der Waals surface area contributed by atoms with Crippen LogP contribution in [0.4, 0.5) is 8.78 Å². The topological polar surface area (TPSA) is 51.0 Å². The maximum Gasteiger partial charge on any atom is 0.261 e. The molecule has 4 nitrogen and oxygen atoms in total. The molecule has 3 rings (SSSR count). The lowest BCUT2D eigenvalue weighted by atomic mass is 9.98. The Kier molecular flexibility index (Phi) is 4.44. The first kappa shape index (κ1) is 14.6. The molecule has 0 unspecified atom stereocenters. The lowest BCUT2D eigenvalue weighted by molar-refractivity contribution is 0.391. The third-order valence-corrected chi connectivity index (χ3v) is 3.30. The second-order valence-electron chi connectivity index (χ2n) is 4.61. The van der Waals surface area contributed by atoms with Gasteiger partial charge in [0.2, 0.25) is 0 Å². The van der Waals surface area contributed by atoms with Gasteiger partial charge in [0.15, 0.2) is 5.82 Å². The highest BCUT2D eigenvalue weighted by molar-refractivity contribution is 5.53. The van der Waals surface area contributed by atoms with Crippen LogP contribution in [0.1, 0.15) is 32.0 Å². The van der Waals surface area contributed by atoms with Crippen molar-refractivity contribution in [2.24, 2.45) is 0 Å². The van der Waals surface area contributed by atoms with Crippen LogP contribution in [0.15, 0.2) is 22.7 Å². The molecule has 2 heterocycles. The largest absolute Gasteiger partial charge is 0.334 e. The number of aromatic nitrogens is 2. The highest BCUT2D eigenvalue weighted by atomic mass is 19.1. The molecule has 1 aliphatic rings. The molecule has 0 atom stereocenters. The molecule has 0 spiro atoms. The SMILES string of the molecule is C.Fc1ccc(F)c(-c2nc(C3CCNCC3)no2)c1. The van der Waals surface area contributed by atoms with Crippen molar-refractivity contribution in [3.8, 4) is 11.5 Å². The number of rotatable bonds is 2. The van der Waals surface area contributed by atoms with Crippen molar-refractivity contribution in [3.05, 3.63) is 35.7 Å². The summed E-state index contributed by atoms with van der Waals surface area (Å²) in [5.74, 6) is -0.277. The molecule has 0 saturated carbocycles. The number of piperidine rings is 1. The summed E-state index contributed by atoms with van der Waals surface area (Å²) < 4.78 is 31.8. The van der Waals surface area contributed by atoms with Crippen LogP contribution in [0.5, 0.6) is 0 Å². The minimum Gasteiger partial charge on any atom is -0.334 e. The standard InChI is InChI=1S/C13H13F2N3O.CH4/c14-9-1-2-11(15)10(7-9)13-17-12(18-19-13)8-3-5-16-6-4-8;/h1-2,7-8,16H,3-6H2;1H4. The van der Waals surface area contributed by atoms with E-state index in [1.807, 2.05) is 0 Å². The third-order valence-electron chi connectivity index (χ3n) is 3.30. The van der Waals surface area contributed by atoms with E-state index in [4.69, 9.17) is 4.52 Å². The fourth-order valence-electron chi connectivity index (χ4n) is 2.25. The van der Waals surface area contributed by atoms with E-state index >= 15 is 0 Å². The zero-order valence-corrected chi connectivity index (χ0v) is 10.2. The predicted octanol–water partition coefficient (Wildman–Crippen LogP) is 3.12. The minimum absolute atomic E-state index is 0. The number of nitrogens with zero attached hydrogens (tertiary/aromatic N) is 2. The van der Waals surface area contributed by atoms with Gasteiger partial charge in [-0.05, 0) is 44.1 Å². The van der Waals surface area contributed by atoms with Gasteiger partial charge in [-0.2, -0.15) is 4.98 Å². The zero-order valence-electron chi connectivity index (χ0n) is 10.2. The maximum atomic E-state index is 13.6. The maximum absolute atomic E-state index is 13.6. The summed E-state index contributed by atoms with van der Waals surface area (Å²) in [4.78, 5) is 4.19. The van der Waals surface area contributed by atoms with E-state index in [9.17, 15) is 8.78 Å². The van der Waals surface area contributed by atoms with Gasteiger partial charge >= 0.3 is 0 Å². The van der Waals surface area contributed by atoms with Crippen LogP contribution in [0, 0.1) is 11.6 Å². The number of hydrogen-bond acceptors (Lipinski definition) is 4. The van der Waals surface area contributed by atoms with E-state index in [-0.39, 0.29) is 24.8 Å². The highest BCUT2D eigenvalue weighted by Crippen LogP contribution is 2.27. The molecular weight excluding hydrogens is 264 g/mol. The second-order valence-corrected chi connectivity index (χ2v) is 4.61. The molecule has 2 aromatic rings. The molecule has 1 saturated heterocycles. The first-order valence-electron chi connectivity index (χ1n) is 6.24. The van der Waals surface area contributed by atoms with Crippen LogP contribution >= 0.6 is 0 Å². The molecule has 6 heteroatoms. The first-order valence-corrected chi connectivity index (χ1v) is 6.24. The molecule has 0 bridgehead atoms. The van der Waals surface area contributed by atoms with Gasteiger partial charge in [-0.25, -0.2) is 8.78 Å². The van der Waals surface area contributed by atoms with Gasteiger partial charge in [-0.15, -0.1) is 0 Å². The van der Waals surface area contributed by atoms with E-state index in [1.165, 1.54) is 0 Å². The summed E-state index contributed by atoms with van der Waals surface area (Å²) in [6, 6.07) is 3.18. The van der Waals surface area contributed by atoms with E-state index < -0.39 is 11.6 Å². The van der Waals surface area contributed by atoms with Crippen LogP contribution in [0.25, 0.3) is 11.5 Å². The molecule has 0 radical (unpaired) electrons. The van der Waals surface area contributed by atoms with Crippen LogP contribution in [0.2, 0.25) is 0 Å². The zero-order chi connectivity index (χ0) is 13.2. The van der Waals surface area contributed by atoms with Gasteiger partial charge < -0.3 is 9.84 Å². The van der Waals surface area contributed by atoms with Crippen molar-refractivity contribution in [2.45, 2.75) is 26.2 Å². The summed E-state index contributed by atoms with van der Waals surface area (Å²) >= 11 is 0. The molecule has 1 fully saturated rings. The quantitative estimate of drug-likeness (QED) is 0.919. The smallest absolute Gasteiger partial charge is 0.261 e. The average Bonchev–Trinajstić information content (AvgIpc) is 2.92. The van der Waals surface area contributed by atoms with E-state index in [2.05, 4.69) is 15.5 Å². The summed E-state index contributed by atoms with van der Waals surface area (Å²) in [7, 11) is 0. The highest BCUT2D eigenvalue weighted by Gasteiger charge is 2.22. The predicted molar refractivity (Wildman–Crippen MR) is 71.2 cm³/mol. The fraction of sp³-hybridized carbons (Fsp3) is 0.429. The monoisotopic (exact) mass is 281 g/mol. The van der Waals surface area contributed by atoms with Gasteiger partial charge in [0.1, 0.15) is 11.6 Å². The third kappa shape index (κ3) is 2.85. The summed E-state index contributed by atoms with van der Waals surface area (Å²) in [5, 5.41) is 7.13. The Hall–Kier alpha value is -1.82. The molecule has 20 heavy (non-hydrogen) atoms. The van der Waals surface area contributed by atoms with Crippen molar-refractivity contribution in [2.75, 3.05) is 13.1 Å². The van der Waals surface area contributed by atoms with Gasteiger partial charge in [0.25, 0.3) is 5.89 Å². The lowest BCUT2D eigenvalue weighted by Crippen LogP contribution is -2.27. The van der Waals surface area contributed by atoms with Gasteiger partial charge in [0.05, 0.1) is 5.56 Å². The number of nitrogens with one attached hydrogen (secondary N) is 1.